The van der Waals surface area contributed by atoms with Gasteiger partial charge in [0.05, 0.1) is 30.0 Å². The van der Waals surface area contributed by atoms with Crippen molar-refractivity contribution in [3.05, 3.63) is 53.3 Å². The molecule has 0 amide bonds. The van der Waals surface area contributed by atoms with Gasteiger partial charge >= 0.3 is 0 Å². The minimum absolute atomic E-state index is 0.0227. The fourth-order valence-corrected chi connectivity index (χ4v) is 4.02. The monoisotopic (exact) mass is 352 g/mol. The molecule has 1 aromatic heterocycles. The molecule has 4 rings (SSSR count). The van der Waals surface area contributed by atoms with E-state index in [1.807, 2.05) is 42.2 Å². The van der Waals surface area contributed by atoms with E-state index in [0.717, 1.165) is 43.9 Å². The molecular weight excluding hydrogens is 328 g/mol. The summed E-state index contributed by atoms with van der Waals surface area (Å²) in [5, 5.41) is 13.4. The molecule has 2 aliphatic rings. The van der Waals surface area contributed by atoms with Gasteiger partial charge in [0.15, 0.2) is 0 Å². The summed E-state index contributed by atoms with van der Waals surface area (Å²) in [4.78, 5) is 2.47. The maximum atomic E-state index is 9.12. The lowest BCUT2D eigenvalue weighted by atomic mass is 9.97. The van der Waals surface area contributed by atoms with Crippen molar-refractivity contribution in [1.82, 2.24) is 14.7 Å². The predicted molar refractivity (Wildman–Crippen MR) is 96.3 cm³/mol. The first-order valence-corrected chi connectivity index (χ1v) is 9.18. The molecule has 3 heterocycles. The average Bonchev–Trinajstić information content (AvgIpc) is 3.30. The highest BCUT2D eigenvalue weighted by atomic mass is 16.5. The molecule has 0 bridgehead atoms. The van der Waals surface area contributed by atoms with Crippen LogP contribution >= 0.6 is 0 Å². The summed E-state index contributed by atoms with van der Waals surface area (Å²) in [6.07, 6.45) is 3.04. The summed E-state index contributed by atoms with van der Waals surface area (Å²) < 4.78 is 13.9. The van der Waals surface area contributed by atoms with Gasteiger partial charge in [-0.2, -0.15) is 10.4 Å². The second-order valence-electron chi connectivity index (χ2n) is 7.08. The van der Waals surface area contributed by atoms with Crippen molar-refractivity contribution in [3.63, 3.8) is 0 Å². The van der Waals surface area contributed by atoms with E-state index < -0.39 is 0 Å². The number of hydrogen-bond acceptors (Lipinski definition) is 5. The topological polar surface area (TPSA) is 63.3 Å². The second-order valence-corrected chi connectivity index (χ2v) is 7.08. The third-order valence-electron chi connectivity index (χ3n) is 5.40. The van der Waals surface area contributed by atoms with Gasteiger partial charge in [-0.3, -0.25) is 9.58 Å². The van der Waals surface area contributed by atoms with Gasteiger partial charge in [-0.05, 0) is 30.2 Å². The molecule has 2 fully saturated rings. The maximum Gasteiger partial charge on any atom is 0.103 e. The molecule has 1 aromatic carbocycles. The minimum Gasteiger partial charge on any atom is -0.372 e. The smallest absolute Gasteiger partial charge is 0.103 e. The lowest BCUT2D eigenvalue weighted by Gasteiger charge is -2.35. The van der Waals surface area contributed by atoms with E-state index >= 15 is 0 Å². The van der Waals surface area contributed by atoms with Crippen molar-refractivity contribution in [2.75, 3.05) is 32.8 Å². The van der Waals surface area contributed by atoms with Crippen LogP contribution in [0.1, 0.15) is 35.4 Å². The quantitative estimate of drug-likeness (QED) is 0.846. The molecular formula is C20H24N4O2. The number of nitriles is 1. The number of aryl methyl sites for hydroxylation is 1. The van der Waals surface area contributed by atoms with Gasteiger partial charge in [-0.15, -0.1) is 0 Å². The van der Waals surface area contributed by atoms with Crippen LogP contribution in [-0.2, 0) is 16.5 Å². The number of ether oxygens (including phenoxy) is 2. The van der Waals surface area contributed by atoms with Crippen molar-refractivity contribution in [2.45, 2.75) is 18.6 Å². The summed E-state index contributed by atoms with van der Waals surface area (Å²) in [6, 6.07) is 12.0. The molecule has 6 heteroatoms. The minimum atomic E-state index is 0.0227. The van der Waals surface area contributed by atoms with Gasteiger partial charge < -0.3 is 9.47 Å². The molecule has 2 saturated heterocycles. The van der Waals surface area contributed by atoms with Gasteiger partial charge in [-0.25, -0.2) is 0 Å². The highest BCUT2D eigenvalue weighted by Crippen LogP contribution is 2.35. The van der Waals surface area contributed by atoms with Crippen LogP contribution in [0.3, 0.4) is 0 Å². The summed E-state index contributed by atoms with van der Waals surface area (Å²) in [5.41, 5.74) is 2.92. The Kier molecular flexibility index (Phi) is 5.02. The van der Waals surface area contributed by atoms with Crippen LogP contribution in [0.5, 0.6) is 0 Å². The molecule has 0 radical (unpaired) electrons. The molecule has 0 aliphatic carbocycles. The van der Waals surface area contributed by atoms with Crippen LogP contribution in [0.2, 0.25) is 0 Å². The normalized spacial score (nSPS) is 26.7. The Bertz CT molecular complexity index is 797. The number of morpholine rings is 1. The Hall–Kier alpha value is -2.20. The zero-order valence-electron chi connectivity index (χ0n) is 15.0. The summed E-state index contributed by atoms with van der Waals surface area (Å²) in [5.74, 6) is 0.467. The predicted octanol–water partition coefficient (Wildman–Crippen LogP) is 2.44. The fraction of sp³-hybridized carbons (Fsp3) is 0.500. The lowest BCUT2D eigenvalue weighted by molar-refractivity contribution is -0.0388. The van der Waals surface area contributed by atoms with Gasteiger partial charge in [0, 0.05) is 45.4 Å². The molecule has 0 saturated carbocycles. The first-order chi connectivity index (χ1) is 12.7. The van der Waals surface area contributed by atoms with Crippen molar-refractivity contribution < 1.29 is 9.47 Å². The Morgan fingerprint density at radius 2 is 2.19 bits per heavy atom. The maximum absolute atomic E-state index is 9.12. The number of benzene rings is 1. The third-order valence-corrected chi connectivity index (χ3v) is 5.40. The molecule has 2 aliphatic heterocycles. The SMILES string of the molecule is Cn1nccc1[C@@H]1OCC[C@H]1CN1CCOC(c2cccc(C#N)c2)C1. The van der Waals surface area contributed by atoms with E-state index in [4.69, 9.17) is 14.7 Å². The van der Waals surface area contributed by atoms with E-state index in [1.165, 1.54) is 0 Å². The zero-order chi connectivity index (χ0) is 17.9. The van der Waals surface area contributed by atoms with Crippen LogP contribution in [0.4, 0.5) is 0 Å². The molecule has 136 valence electrons. The summed E-state index contributed by atoms with van der Waals surface area (Å²) in [6.45, 7) is 4.30. The van der Waals surface area contributed by atoms with Crippen LogP contribution in [0.15, 0.2) is 36.5 Å². The average molecular weight is 352 g/mol. The van der Waals surface area contributed by atoms with Crippen LogP contribution in [0, 0.1) is 17.2 Å². The first kappa shape index (κ1) is 17.2. The van der Waals surface area contributed by atoms with Crippen molar-refractivity contribution in [3.8, 4) is 6.07 Å². The van der Waals surface area contributed by atoms with Crippen LogP contribution in [0.25, 0.3) is 0 Å². The Morgan fingerprint density at radius 1 is 1.27 bits per heavy atom. The highest BCUT2D eigenvalue weighted by molar-refractivity contribution is 5.34. The summed E-state index contributed by atoms with van der Waals surface area (Å²) >= 11 is 0. The number of hydrogen-bond donors (Lipinski definition) is 0. The Morgan fingerprint density at radius 3 is 3.00 bits per heavy atom. The van der Waals surface area contributed by atoms with Crippen molar-refractivity contribution in [2.24, 2.45) is 13.0 Å². The van der Waals surface area contributed by atoms with E-state index in [2.05, 4.69) is 22.1 Å². The van der Waals surface area contributed by atoms with E-state index in [-0.39, 0.29) is 12.2 Å². The second kappa shape index (κ2) is 7.58. The highest BCUT2D eigenvalue weighted by Gasteiger charge is 2.34. The zero-order valence-corrected chi connectivity index (χ0v) is 15.0. The van der Waals surface area contributed by atoms with Gasteiger partial charge in [0.1, 0.15) is 6.10 Å². The Balaban J connectivity index is 1.43. The van der Waals surface area contributed by atoms with Gasteiger partial charge in [0.25, 0.3) is 0 Å². The fourth-order valence-electron chi connectivity index (χ4n) is 4.02. The molecule has 26 heavy (non-hydrogen) atoms. The van der Waals surface area contributed by atoms with Crippen molar-refractivity contribution in [1.29, 1.82) is 5.26 Å². The number of aromatic nitrogens is 2. The number of nitrogens with zero attached hydrogens (tertiary/aromatic N) is 4. The molecule has 2 aromatic rings. The molecule has 1 unspecified atom stereocenters. The molecule has 0 N–H and O–H groups in total. The van der Waals surface area contributed by atoms with Crippen LogP contribution < -0.4 is 0 Å². The lowest BCUT2D eigenvalue weighted by Crippen LogP contribution is -2.41. The van der Waals surface area contributed by atoms with Crippen LogP contribution in [-0.4, -0.2) is 47.5 Å². The van der Waals surface area contributed by atoms with Crippen molar-refractivity contribution >= 4 is 0 Å². The Labute approximate surface area is 153 Å². The van der Waals surface area contributed by atoms with Gasteiger partial charge in [0.2, 0.25) is 0 Å². The molecule has 3 atom stereocenters. The third kappa shape index (κ3) is 3.51. The van der Waals surface area contributed by atoms with E-state index in [9.17, 15) is 0 Å². The molecule has 6 nitrogen and oxygen atoms in total. The summed E-state index contributed by atoms with van der Waals surface area (Å²) in [7, 11) is 1.97. The van der Waals surface area contributed by atoms with E-state index in [0.29, 0.717) is 18.1 Å². The standard InChI is InChI=1S/C20H24N4O2/c1-23-18(5-7-22-23)20-17(6-9-26-20)13-24-8-10-25-19(14-24)16-4-2-3-15(11-16)12-21/h2-5,7,11,17,19-20H,6,8-10,13-14H2,1H3/t17-,19?,20+/m0/s1. The van der Waals surface area contributed by atoms with E-state index in [1.54, 1.807) is 0 Å². The van der Waals surface area contributed by atoms with Gasteiger partial charge in [-0.1, -0.05) is 12.1 Å². The molecule has 0 spiro atoms. The largest absolute Gasteiger partial charge is 0.372 e. The number of rotatable bonds is 4. The first-order valence-electron chi connectivity index (χ1n) is 9.18.